The number of hydrogen-bond donors (Lipinski definition) is 1. The van der Waals surface area contributed by atoms with Crippen molar-refractivity contribution in [3.63, 3.8) is 0 Å². The standard InChI is InChI=1S/C13H17NO3/c1-10-4-3-5-11(6-10)14-8-13(2,9-15)17-7-12(14)16/h3-6,15H,7-9H2,1-2H3. The topological polar surface area (TPSA) is 49.8 Å². The SMILES string of the molecule is Cc1cccc(N2CC(C)(CO)OCC2=O)c1. The van der Waals surface area contributed by atoms with Crippen molar-refractivity contribution in [3.05, 3.63) is 29.8 Å². The number of hydrogen-bond acceptors (Lipinski definition) is 3. The molecule has 17 heavy (non-hydrogen) atoms. The van der Waals surface area contributed by atoms with Crippen molar-refractivity contribution in [2.75, 3.05) is 24.7 Å². The highest BCUT2D eigenvalue weighted by Crippen LogP contribution is 2.24. The van der Waals surface area contributed by atoms with Crippen LogP contribution in [0.25, 0.3) is 0 Å². The lowest BCUT2D eigenvalue weighted by atomic mass is 10.0. The van der Waals surface area contributed by atoms with Gasteiger partial charge in [0.2, 0.25) is 0 Å². The van der Waals surface area contributed by atoms with Crippen molar-refractivity contribution in [2.24, 2.45) is 0 Å². The van der Waals surface area contributed by atoms with E-state index in [1.165, 1.54) is 0 Å². The van der Waals surface area contributed by atoms with E-state index in [0.717, 1.165) is 11.3 Å². The van der Waals surface area contributed by atoms with Crippen LogP contribution in [0, 0.1) is 6.92 Å². The van der Waals surface area contributed by atoms with Crippen molar-refractivity contribution < 1.29 is 14.6 Å². The van der Waals surface area contributed by atoms with Crippen molar-refractivity contribution in [1.82, 2.24) is 0 Å². The van der Waals surface area contributed by atoms with Gasteiger partial charge in [-0.1, -0.05) is 12.1 Å². The van der Waals surface area contributed by atoms with Gasteiger partial charge in [0.25, 0.3) is 5.91 Å². The molecule has 1 N–H and O–H groups in total. The second-order valence-electron chi connectivity index (χ2n) is 4.72. The molecule has 2 rings (SSSR count). The number of nitrogens with zero attached hydrogens (tertiary/aromatic N) is 1. The summed E-state index contributed by atoms with van der Waals surface area (Å²) in [7, 11) is 0. The van der Waals surface area contributed by atoms with E-state index in [1.807, 2.05) is 38.1 Å². The van der Waals surface area contributed by atoms with Gasteiger partial charge in [0.1, 0.15) is 12.2 Å². The Morgan fingerprint density at radius 2 is 2.29 bits per heavy atom. The molecule has 1 aliphatic heterocycles. The summed E-state index contributed by atoms with van der Waals surface area (Å²) < 4.78 is 5.37. The van der Waals surface area contributed by atoms with Gasteiger partial charge in [0.15, 0.2) is 0 Å². The first kappa shape index (κ1) is 12.1. The molecule has 1 aliphatic rings. The molecular weight excluding hydrogens is 218 g/mol. The molecule has 1 atom stereocenters. The maximum Gasteiger partial charge on any atom is 0.253 e. The van der Waals surface area contributed by atoms with Gasteiger partial charge in [0, 0.05) is 5.69 Å². The number of carbonyl (C=O) groups is 1. The van der Waals surface area contributed by atoms with Crippen LogP contribution in [0.15, 0.2) is 24.3 Å². The number of aryl methyl sites for hydroxylation is 1. The lowest BCUT2D eigenvalue weighted by Crippen LogP contribution is -2.55. The molecule has 4 heteroatoms. The van der Waals surface area contributed by atoms with E-state index < -0.39 is 5.60 Å². The van der Waals surface area contributed by atoms with Crippen molar-refractivity contribution in [1.29, 1.82) is 0 Å². The van der Waals surface area contributed by atoms with E-state index in [9.17, 15) is 9.90 Å². The summed E-state index contributed by atoms with van der Waals surface area (Å²) in [6.45, 7) is 4.10. The summed E-state index contributed by atoms with van der Waals surface area (Å²) in [5.74, 6) is -0.0680. The summed E-state index contributed by atoms with van der Waals surface area (Å²) in [6, 6.07) is 7.76. The van der Waals surface area contributed by atoms with E-state index in [1.54, 1.807) is 4.90 Å². The van der Waals surface area contributed by atoms with Crippen LogP contribution in [-0.2, 0) is 9.53 Å². The Kier molecular flexibility index (Phi) is 3.17. The van der Waals surface area contributed by atoms with Crippen molar-refractivity contribution in [2.45, 2.75) is 19.4 Å². The highest BCUT2D eigenvalue weighted by Gasteiger charge is 2.36. The van der Waals surface area contributed by atoms with E-state index in [-0.39, 0.29) is 19.1 Å². The highest BCUT2D eigenvalue weighted by molar-refractivity contribution is 5.95. The zero-order valence-electron chi connectivity index (χ0n) is 10.1. The molecule has 1 heterocycles. The number of benzene rings is 1. The number of aliphatic hydroxyl groups excluding tert-OH is 1. The average molecular weight is 235 g/mol. The third kappa shape index (κ3) is 2.48. The summed E-state index contributed by atoms with van der Waals surface area (Å²) >= 11 is 0. The number of morpholine rings is 1. The number of carbonyl (C=O) groups excluding carboxylic acids is 1. The average Bonchev–Trinajstić information content (AvgIpc) is 2.33. The molecule has 1 saturated heterocycles. The van der Waals surface area contributed by atoms with Gasteiger partial charge < -0.3 is 14.7 Å². The molecule has 1 amide bonds. The minimum atomic E-state index is -0.669. The molecule has 0 saturated carbocycles. The third-order valence-electron chi connectivity index (χ3n) is 2.99. The minimum absolute atomic E-state index is 0.0189. The number of ether oxygens (including phenoxy) is 1. The third-order valence-corrected chi connectivity index (χ3v) is 2.99. The lowest BCUT2D eigenvalue weighted by Gasteiger charge is -2.39. The van der Waals surface area contributed by atoms with Crippen LogP contribution in [0.1, 0.15) is 12.5 Å². The first-order valence-electron chi connectivity index (χ1n) is 5.66. The van der Waals surface area contributed by atoms with Crippen LogP contribution >= 0.6 is 0 Å². The molecule has 1 aromatic carbocycles. The molecule has 1 unspecified atom stereocenters. The summed E-state index contributed by atoms with van der Waals surface area (Å²) in [5.41, 5.74) is 1.29. The fraction of sp³-hybridized carbons (Fsp3) is 0.462. The van der Waals surface area contributed by atoms with Gasteiger partial charge in [-0.15, -0.1) is 0 Å². The van der Waals surface area contributed by atoms with Crippen LogP contribution in [0.4, 0.5) is 5.69 Å². The van der Waals surface area contributed by atoms with E-state index >= 15 is 0 Å². The smallest absolute Gasteiger partial charge is 0.253 e. The molecule has 1 fully saturated rings. The van der Waals surface area contributed by atoms with E-state index in [0.29, 0.717) is 6.54 Å². The number of aliphatic hydroxyl groups is 1. The first-order chi connectivity index (χ1) is 8.04. The minimum Gasteiger partial charge on any atom is -0.393 e. The molecular formula is C13H17NO3. The fourth-order valence-electron chi connectivity index (χ4n) is 1.91. The van der Waals surface area contributed by atoms with Crippen molar-refractivity contribution >= 4 is 11.6 Å². The Morgan fingerprint density at radius 1 is 1.53 bits per heavy atom. The number of amides is 1. The summed E-state index contributed by atoms with van der Waals surface area (Å²) in [5, 5.41) is 9.29. The highest BCUT2D eigenvalue weighted by atomic mass is 16.5. The lowest BCUT2D eigenvalue weighted by molar-refractivity contribution is -0.141. The van der Waals surface area contributed by atoms with Gasteiger partial charge in [-0.25, -0.2) is 0 Å². The largest absolute Gasteiger partial charge is 0.393 e. The van der Waals surface area contributed by atoms with Crippen LogP contribution in [0.3, 0.4) is 0 Å². The Hall–Kier alpha value is -1.39. The first-order valence-corrected chi connectivity index (χ1v) is 5.66. The Labute approximate surface area is 101 Å². The monoisotopic (exact) mass is 235 g/mol. The van der Waals surface area contributed by atoms with Crippen LogP contribution in [-0.4, -0.2) is 36.4 Å². The second-order valence-corrected chi connectivity index (χ2v) is 4.72. The van der Waals surface area contributed by atoms with E-state index in [4.69, 9.17) is 4.74 Å². The Morgan fingerprint density at radius 3 is 2.94 bits per heavy atom. The predicted molar refractivity (Wildman–Crippen MR) is 65.0 cm³/mol. The molecule has 0 bridgehead atoms. The second kappa shape index (κ2) is 4.47. The van der Waals surface area contributed by atoms with Gasteiger partial charge in [-0.05, 0) is 31.5 Å². The normalized spacial score (nSPS) is 25.1. The molecule has 4 nitrogen and oxygen atoms in total. The Bertz CT molecular complexity index is 432. The molecule has 0 spiro atoms. The molecule has 0 aliphatic carbocycles. The van der Waals surface area contributed by atoms with Gasteiger partial charge in [-0.2, -0.15) is 0 Å². The van der Waals surface area contributed by atoms with E-state index in [2.05, 4.69) is 0 Å². The Balaban J connectivity index is 2.27. The maximum atomic E-state index is 11.8. The maximum absolute atomic E-state index is 11.8. The van der Waals surface area contributed by atoms with Gasteiger partial charge in [-0.3, -0.25) is 4.79 Å². The zero-order chi connectivity index (χ0) is 12.5. The molecule has 92 valence electrons. The summed E-state index contributed by atoms with van der Waals surface area (Å²) in [6.07, 6.45) is 0. The van der Waals surface area contributed by atoms with Crippen LogP contribution in [0.2, 0.25) is 0 Å². The number of anilines is 1. The quantitative estimate of drug-likeness (QED) is 0.835. The fourth-order valence-corrected chi connectivity index (χ4v) is 1.91. The van der Waals surface area contributed by atoms with Crippen LogP contribution in [0.5, 0.6) is 0 Å². The number of rotatable bonds is 2. The van der Waals surface area contributed by atoms with Crippen molar-refractivity contribution in [3.8, 4) is 0 Å². The molecule has 1 aromatic rings. The van der Waals surface area contributed by atoms with Gasteiger partial charge >= 0.3 is 0 Å². The van der Waals surface area contributed by atoms with Gasteiger partial charge in [0.05, 0.1) is 13.2 Å². The van der Waals surface area contributed by atoms with Crippen LogP contribution < -0.4 is 4.90 Å². The summed E-state index contributed by atoms with van der Waals surface area (Å²) in [4.78, 5) is 13.5. The molecule has 0 radical (unpaired) electrons. The molecule has 0 aromatic heterocycles. The predicted octanol–water partition coefficient (Wildman–Crippen LogP) is 1.11. The zero-order valence-corrected chi connectivity index (χ0v) is 10.1.